The summed E-state index contributed by atoms with van der Waals surface area (Å²) < 4.78 is 0. The first-order valence-electron chi connectivity index (χ1n) is 6.02. The van der Waals surface area contributed by atoms with Crippen molar-refractivity contribution in [2.24, 2.45) is 17.6 Å². The zero-order valence-corrected chi connectivity index (χ0v) is 10.4. The van der Waals surface area contributed by atoms with Gasteiger partial charge in [-0.25, -0.2) is 0 Å². The lowest BCUT2D eigenvalue weighted by Gasteiger charge is -2.22. The van der Waals surface area contributed by atoms with E-state index in [4.69, 9.17) is 5.73 Å². The monoisotopic (exact) mass is 200 g/mol. The Labute approximate surface area is 89.9 Å². The molecule has 0 heterocycles. The predicted molar refractivity (Wildman–Crippen MR) is 64.4 cm³/mol. The van der Waals surface area contributed by atoms with Crippen molar-refractivity contribution in [1.29, 1.82) is 0 Å². The van der Waals surface area contributed by atoms with Crippen LogP contribution in [0.3, 0.4) is 0 Å². The number of hydrogen-bond donors (Lipinski definition) is 1. The Balaban J connectivity index is 3.52. The Bertz CT molecular complexity index is 123. The number of nitrogens with zero attached hydrogens (tertiary/aromatic N) is 1. The third kappa shape index (κ3) is 7.34. The van der Waals surface area contributed by atoms with E-state index < -0.39 is 0 Å². The molecule has 1 atom stereocenters. The summed E-state index contributed by atoms with van der Waals surface area (Å²) in [6.45, 7) is 13.5. The minimum atomic E-state index is 0.688. The fourth-order valence-corrected chi connectivity index (χ4v) is 1.68. The van der Waals surface area contributed by atoms with Gasteiger partial charge in [-0.1, -0.05) is 27.7 Å². The summed E-state index contributed by atoms with van der Waals surface area (Å²) in [5, 5.41) is 0. The summed E-state index contributed by atoms with van der Waals surface area (Å²) >= 11 is 0. The zero-order valence-electron chi connectivity index (χ0n) is 10.4. The maximum absolute atomic E-state index is 5.59. The Morgan fingerprint density at radius 1 is 1.21 bits per heavy atom. The molecule has 14 heavy (non-hydrogen) atoms. The highest BCUT2D eigenvalue weighted by Gasteiger charge is 2.05. The lowest BCUT2D eigenvalue weighted by atomic mass is 10.1. The molecule has 2 N–H and O–H groups in total. The van der Waals surface area contributed by atoms with Crippen LogP contribution in [0, 0.1) is 11.8 Å². The van der Waals surface area contributed by atoms with Gasteiger partial charge in [0.25, 0.3) is 0 Å². The molecule has 0 aromatic heterocycles. The molecule has 0 saturated heterocycles. The van der Waals surface area contributed by atoms with Crippen LogP contribution in [-0.4, -0.2) is 31.1 Å². The summed E-state index contributed by atoms with van der Waals surface area (Å²) in [4.78, 5) is 2.54. The van der Waals surface area contributed by atoms with Gasteiger partial charge in [-0.2, -0.15) is 0 Å². The molecule has 0 amide bonds. The molecule has 0 saturated carbocycles. The molecule has 0 aromatic carbocycles. The van der Waals surface area contributed by atoms with Crippen molar-refractivity contribution in [1.82, 2.24) is 4.90 Å². The first-order chi connectivity index (χ1) is 6.60. The van der Waals surface area contributed by atoms with Crippen LogP contribution >= 0.6 is 0 Å². The summed E-state index contributed by atoms with van der Waals surface area (Å²) in [6, 6.07) is 0. The van der Waals surface area contributed by atoms with E-state index in [0.29, 0.717) is 5.92 Å². The molecule has 86 valence electrons. The van der Waals surface area contributed by atoms with E-state index in [9.17, 15) is 0 Å². The number of nitrogens with two attached hydrogens (primary N) is 1. The van der Waals surface area contributed by atoms with Gasteiger partial charge in [-0.15, -0.1) is 0 Å². The van der Waals surface area contributed by atoms with E-state index in [-0.39, 0.29) is 0 Å². The van der Waals surface area contributed by atoms with Crippen LogP contribution < -0.4 is 5.73 Å². The van der Waals surface area contributed by atoms with E-state index in [1.807, 2.05) is 0 Å². The molecule has 0 aliphatic heterocycles. The van der Waals surface area contributed by atoms with Gasteiger partial charge in [0.15, 0.2) is 0 Å². The average molecular weight is 200 g/mol. The van der Waals surface area contributed by atoms with E-state index in [2.05, 4.69) is 32.6 Å². The summed E-state index contributed by atoms with van der Waals surface area (Å²) in [5.74, 6) is 1.47. The summed E-state index contributed by atoms with van der Waals surface area (Å²) in [7, 11) is 0. The predicted octanol–water partition coefficient (Wildman–Crippen LogP) is 2.34. The number of rotatable bonds is 8. The summed E-state index contributed by atoms with van der Waals surface area (Å²) in [5.41, 5.74) is 5.59. The maximum atomic E-state index is 5.59. The van der Waals surface area contributed by atoms with Crippen molar-refractivity contribution in [2.75, 3.05) is 26.2 Å². The quantitative estimate of drug-likeness (QED) is 0.651. The highest BCUT2D eigenvalue weighted by Crippen LogP contribution is 2.06. The van der Waals surface area contributed by atoms with Crippen molar-refractivity contribution >= 4 is 0 Å². The largest absolute Gasteiger partial charge is 0.330 e. The van der Waals surface area contributed by atoms with Gasteiger partial charge in [0, 0.05) is 6.54 Å². The molecule has 2 heteroatoms. The third-order valence-electron chi connectivity index (χ3n) is 2.64. The average Bonchev–Trinajstić information content (AvgIpc) is 2.15. The van der Waals surface area contributed by atoms with Gasteiger partial charge in [-0.3, -0.25) is 0 Å². The van der Waals surface area contributed by atoms with Crippen LogP contribution in [0.25, 0.3) is 0 Å². The van der Waals surface area contributed by atoms with Crippen LogP contribution in [0.5, 0.6) is 0 Å². The SMILES string of the molecule is CCN(CCCC(C)CN)CC(C)C. The molecular formula is C12H28N2. The molecule has 0 spiro atoms. The molecule has 1 unspecified atom stereocenters. The van der Waals surface area contributed by atoms with Crippen molar-refractivity contribution in [2.45, 2.75) is 40.5 Å². The van der Waals surface area contributed by atoms with Crippen LogP contribution in [0.15, 0.2) is 0 Å². The minimum absolute atomic E-state index is 0.688. The highest BCUT2D eigenvalue weighted by atomic mass is 15.1. The summed E-state index contributed by atoms with van der Waals surface area (Å²) in [6.07, 6.45) is 2.56. The van der Waals surface area contributed by atoms with Gasteiger partial charge < -0.3 is 10.6 Å². The minimum Gasteiger partial charge on any atom is -0.330 e. The second-order valence-corrected chi connectivity index (χ2v) is 4.77. The molecule has 0 rings (SSSR count). The second kappa shape index (κ2) is 8.25. The molecule has 0 radical (unpaired) electrons. The first kappa shape index (κ1) is 13.9. The Morgan fingerprint density at radius 2 is 1.86 bits per heavy atom. The Morgan fingerprint density at radius 3 is 2.29 bits per heavy atom. The normalized spacial score (nSPS) is 13.9. The van der Waals surface area contributed by atoms with Crippen LogP contribution in [0.2, 0.25) is 0 Å². The molecule has 0 aliphatic carbocycles. The maximum Gasteiger partial charge on any atom is 0.000427 e. The van der Waals surface area contributed by atoms with Gasteiger partial charge in [-0.05, 0) is 44.3 Å². The molecule has 0 aliphatic rings. The van der Waals surface area contributed by atoms with Crippen molar-refractivity contribution in [3.05, 3.63) is 0 Å². The van der Waals surface area contributed by atoms with Gasteiger partial charge in [0.2, 0.25) is 0 Å². The van der Waals surface area contributed by atoms with E-state index >= 15 is 0 Å². The zero-order chi connectivity index (χ0) is 11.0. The van der Waals surface area contributed by atoms with Crippen LogP contribution in [0.4, 0.5) is 0 Å². The molecule has 2 nitrogen and oxygen atoms in total. The van der Waals surface area contributed by atoms with Crippen molar-refractivity contribution < 1.29 is 0 Å². The second-order valence-electron chi connectivity index (χ2n) is 4.77. The molecule has 0 bridgehead atoms. The van der Waals surface area contributed by atoms with Crippen LogP contribution in [0.1, 0.15) is 40.5 Å². The fraction of sp³-hybridized carbons (Fsp3) is 1.00. The van der Waals surface area contributed by atoms with Gasteiger partial charge in [0.05, 0.1) is 0 Å². The van der Waals surface area contributed by atoms with Gasteiger partial charge in [0.1, 0.15) is 0 Å². The van der Waals surface area contributed by atoms with E-state index in [0.717, 1.165) is 12.5 Å². The highest BCUT2D eigenvalue weighted by molar-refractivity contribution is 4.60. The Kier molecular flexibility index (Phi) is 8.20. The van der Waals surface area contributed by atoms with E-state index in [1.54, 1.807) is 0 Å². The van der Waals surface area contributed by atoms with Crippen LogP contribution in [-0.2, 0) is 0 Å². The molecule has 0 fully saturated rings. The van der Waals surface area contributed by atoms with E-state index in [1.165, 1.54) is 32.5 Å². The standard InChI is InChI=1S/C12H28N2/c1-5-14(10-11(2)3)8-6-7-12(4)9-13/h11-12H,5-10,13H2,1-4H3. The van der Waals surface area contributed by atoms with Crippen molar-refractivity contribution in [3.63, 3.8) is 0 Å². The van der Waals surface area contributed by atoms with Crippen molar-refractivity contribution in [3.8, 4) is 0 Å². The number of hydrogen-bond acceptors (Lipinski definition) is 2. The fourth-order valence-electron chi connectivity index (χ4n) is 1.68. The Hall–Kier alpha value is -0.0800. The molecule has 0 aromatic rings. The third-order valence-corrected chi connectivity index (χ3v) is 2.64. The smallest absolute Gasteiger partial charge is 0.000427 e. The lowest BCUT2D eigenvalue weighted by molar-refractivity contribution is 0.246. The molecular weight excluding hydrogens is 172 g/mol. The van der Waals surface area contributed by atoms with Gasteiger partial charge >= 0.3 is 0 Å². The lowest BCUT2D eigenvalue weighted by Crippen LogP contribution is -2.29. The topological polar surface area (TPSA) is 29.3 Å². The first-order valence-corrected chi connectivity index (χ1v) is 6.02.